The topological polar surface area (TPSA) is 16.1 Å². The zero-order valence-electron chi connectivity index (χ0n) is 16.3. The van der Waals surface area contributed by atoms with Crippen molar-refractivity contribution in [1.82, 2.24) is 4.98 Å². The molecule has 2 aliphatic heterocycles. The zero-order chi connectivity index (χ0) is 19.9. The van der Waals surface area contributed by atoms with Gasteiger partial charge in [0, 0.05) is 17.2 Å². The van der Waals surface area contributed by atoms with E-state index in [1.54, 1.807) is 0 Å². The third-order valence-corrected chi connectivity index (χ3v) is 6.99. The van der Waals surface area contributed by atoms with Crippen LogP contribution in [0.15, 0.2) is 109 Å². The number of hydrogen-bond acceptors (Lipinski definition) is 3. The summed E-state index contributed by atoms with van der Waals surface area (Å²) in [5.74, 6) is 1.44. The van der Waals surface area contributed by atoms with Crippen molar-refractivity contribution in [3.63, 3.8) is 0 Å². The Morgan fingerprint density at radius 1 is 0.667 bits per heavy atom. The number of anilines is 2. The van der Waals surface area contributed by atoms with Crippen molar-refractivity contribution in [2.75, 3.05) is 4.90 Å². The van der Waals surface area contributed by atoms with Gasteiger partial charge in [-0.25, -0.2) is 4.98 Å². The van der Waals surface area contributed by atoms with Crippen LogP contribution in [0, 0.1) is 0 Å². The Balaban J connectivity index is 1.36. The van der Waals surface area contributed by atoms with E-state index < -0.39 is 0 Å². The van der Waals surface area contributed by atoms with E-state index in [2.05, 4.69) is 107 Å². The van der Waals surface area contributed by atoms with Crippen LogP contribution in [0.2, 0.25) is 0 Å². The smallest absolute Gasteiger partial charge is 0.134 e. The molecule has 0 saturated heterocycles. The van der Waals surface area contributed by atoms with Crippen LogP contribution in [0.4, 0.5) is 11.5 Å². The average Bonchev–Trinajstić information content (AvgIpc) is 3.41. The molecule has 0 N–H and O–H groups in total. The fourth-order valence-electron chi connectivity index (χ4n) is 4.43. The monoisotopic (exact) mass is 404 g/mol. The number of fused-ring (bicyclic) bond motifs is 3. The van der Waals surface area contributed by atoms with Crippen LogP contribution in [0.1, 0.15) is 11.5 Å². The Kier molecular flexibility index (Phi) is 4.21. The number of para-hydroxylation sites is 1. The van der Waals surface area contributed by atoms with E-state index in [0.717, 1.165) is 17.1 Å². The van der Waals surface area contributed by atoms with Crippen molar-refractivity contribution in [3.8, 4) is 22.4 Å². The average molecular weight is 405 g/mol. The van der Waals surface area contributed by atoms with Gasteiger partial charge >= 0.3 is 0 Å². The maximum atomic E-state index is 5.07. The summed E-state index contributed by atoms with van der Waals surface area (Å²) < 4.78 is 0. The minimum atomic E-state index is 0.352. The molecule has 0 bridgehead atoms. The Hall–Kier alpha value is -3.30. The van der Waals surface area contributed by atoms with E-state index in [1.807, 2.05) is 17.8 Å². The lowest BCUT2D eigenvalue weighted by molar-refractivity contribution is 0.838. The maximum Gasteiger partial charge on any atom is 0.134 e. The number of thioether (sulfide) groups is 1. The Bertz CT molecular complexity index is 1230. The Morgan fingerprint density at radius 3 is 2.27 bits per heavy atom. The highest BCUT2D eigenvalue weighted by Gasteiger charge is 2.40. The summed E-state index contributed by atoms with van der Waals surface area (Å²) in [7, 11) is 0. The van der Waals surface area contributed by atoms with Crippen LogP contribution >= 0.6 is 11.8 Å². The highest BCUT2D eigenvalue weighted by Crippen LogP contribution is 2.52. The quantitative estimate of drug-likeness (QED) is 0.358. The first-order valence-electron chi connectivity index (χ1n) is 10.2. The van der Waals surface area contributed by atoms with Crippen LogP contribution in [-0.2, 0) is 0 Å². The van der Waals surface area contributed by atoms with E-state index in [4.69, 9.17) is 4.98 Å². The second kappa shape index (κ2) is 7.19. The minimum absolute atomic E-state index is 0.352. The van der Waals surface area contributed by atoms with Gasteiger partial charge in [-0.1, -0.05) is 84.9 Å². The maximum absolute atomic E-state index is 5.07. The SMILES string of the molecule is C1=CC2c3ccccc3N(c3cccc(-c4ccc(-c5ccccc5)cc4)n3)C2S1. The van der Waals surface area contributed by atoms with E-state index in [-0.39, 0.29) is 0 Å². The summed E-state index contributed by atoms with van der Waals surface area (Å²) in [6.07, 6.45) is 2.32. The molecule has 2 nitrogen and oxygen atoms in total. The summed E-state index contributed by atoms with van der Waals surface area (Å²) in [5, 5.41) is 2.58. The number of benzene rings is 3. The molecule has 0 radical (unpaired) electrons. The molecular formula is C27H20N2S. The number of nitrogens with zero attached hydrogens (tertiary/aromatic N) is 2. The predicted molar refractivity (Wildman–Crippen MR) is 127 cm³/mol. The summed E-state index contributed by atoms with van der Waals surface area (Å²) in [5.41, 5.74) is 7.26. The molecule has 6 rings (SSSR count). The summed E-state index contributed by atoms with van der Waals surface area (Å²) in [4.78, 5) is 7.47. The second-order valence-electron chi connectivity index (χ2n) is 7.63. The van der Waals surface area contributed by atoms with Crippen molar-refractivity contribution >= 4 is 23.3 Å². The van der Waals surface area contributed by atoms with Gasteiger partial charge in [0.25, 0.3) is 0 Å². The summed E-state index contributed by atoms with van der Waals surface area (Å²) in [6.45, 7) is 0. The van der Waals surface area contributed by atoms with Gasteiger partial charge < -0.3 is 4.90 Å². The lowest BCUT2D eigenvalue weighted by atomic mass is 10.0. The first kappa shape index (κ1) is 17.5. The zero-order valence-corrected chi connectivity index (χ0v) is 17.2. The predicted octanol–water partition coefficient (Wildman–Crippen LogP) is 7.24. The molecule has 144 valence electrons. The van der Waals surface area contributed by atoms with Gasteiger partial charge in [-0.3, -0.25) is 0 Å². The highest BCUT2D eigenvalue weighted by molar-refractivity contribution is 8.03. The third kappa shape index (κ3) is 2.86. The van der Waals surface area contributed by atoms with Crippen LogP contribution in [0.5, 0.6) is 0 Å². The van der Waals surface area contributed by atoms with E-state index >= 15 is 0 Å². The molecule has 3 heteroatoms. The van der Waals surface area contributed by atoms with Gasteiger partial charge in [0.1, 0.15) is 5.82 Å². The molecule has 0 saturated carbocycles. The van der Waals surface area contributed by atoms with Gasteiger partial charge in [-0.15, -0.1) is 11.8 Å². The largest absolute Gasteiger partial charge is 0.312 e. The molecular weight excluding hydrogens is 384 g/mol. The molecule has 2 atom stereocenters. The fourth-order valence-corrected chi connectivity index (χ4v) is 5.60. The molecule has 2 aliphatic rings. The van der Waals surface area contributed by atoms with Crippen molar-refractivity contribution in [2.24, 2.45) is 0 Å². The van der Waals surface area contributed by atoms with E-state index in [1.165, 1.54) is 22.4 Å². The van der Waals surface area contributed by atoms with Gasteiger partial charge in [-0.2, -0.15) is 0 Å². The van der Waals surface area contributed by atoms with Gasteiger partial charge in [0.15, 0.2) is 0 Å². The van der Waals surface area contributed by atoms with Crippen LogP contribution < -0.4 is 4.90 Å². The Morgan fingerprint density at radius 2 is 1.40 bits per heavy atom. The van der Waals surface area contributed by atoms with Crippen LogP contribution in [0.3, 0.4) is 0 Å². The van der Waals surface area contributed by atoms with Crippen molar-refractivity contribution in [1.29, 1.82) is 0 Å². The fraction of sp³-hybridized carbons (Fsp3) is 0.0741. The third-order valence-electron chi connectivity index (χ3n) is 5.89. The molecule has 0 aliphatic carbocycles. The number of hydrogen-bond donors (Lipinski definition) is 0. The van der Waals surface area contributed by atoms with Gasteiger partial charge in [-0.05, 0) is 40.3 Å². The molecule has 30 heavy (non-hydrogen) atoms. The molecule has 0 spiro atoms. The number of pyridine rings is 1. The van der Waals surface area contributed by atoms with E-state index in [0.29, 0.717) is 11.3 Å². The summed E-state index contributed by atoms with van der Waals surface area (Å²) in [6, 6.07) is 34.2. The number of rotatable bonds is 3. The molecule has 0 amide bonds. The molecule has 2 unspecified atom stereocenters. The van der Waals surface area contributed by atoms with Crippen molar-refractivity contribution in [2.45, 2.75) is 11.3 Å². The molecule has 3 heterocycles. The normalized spacial score (nSPS) is 19.0. The van der Waals surface area contributed by atoms with Crippen molar-refractivity contribution < 1.29 is 0 Å². The lowest BCUT2D eigenvalue weighted by Crippen LogP contribution is -2.25. The molecule has 3 aromatic carbocycles. The first-order valence-corrected chi connectivity index (χ1v) is 11.2. The van der Waals surface area contributed by atoms with Crippen molar-refractivity contribution in [3.05, 3.63) is 114 Å². The van der Waals surface area contributed by atoms with Gasteiger partial charge in [0.2, 0.25) is 0 Å². The lowest BCUT2D eigenvalue weighted by Gasteiger charge is -2.25. The highest BCUT2D eigenvalue weighted by atomic mass is 32.2. The number of aromatic nitrogens is 1. The van der Waals surface area contributed by atoms with Crippen LogP contribution in [-0.4, -0.2) is 10.4 Å². The molecule has 0 fully saturated rings. The molecule has 1 aromatic heterocycles. The van der Waals surface area contributed by atoms with E-state index in [9.17, 15) is 0 Å². The standard InChI is InChI=1S/C27H20N2S/c1-2-7-19(8-3-1)20-13-15-21(16-14-20)24-10-6-12-26(28-24)29-25-11-5-4-9-22(25)23-17-18-30-27(23)29/h1-18,23,27H. The van der Waals surface area contributed by atoms with Gasteiger partial charge in [0.05, 0.1) is 11.1 Å². The van der Waals surface area contributed by atoms with Crippen LogP contribution in [0.25, 0.3) is 22.4 Å². The summed E-state index contributed by atoms with van der Waals surface area (Å²) >= 11 is 1.88. The molecule has 4 aromatic rings. The first-order chi connectivity index (χ1) is 14.9. The Labute approximate surface area is 180 Å². The minimum Gasteiger partial charge on any atom is -0.312 e. The second-order valence-corrected chi connectivity index (χ2v) is 8.66.